The molecule has 1 aliphatic rings. The van der Waals surface area contributed by atoms with Crippen molar-refractivity contribution < 1.29 is 5.11 Å². The molecule has 0 unspecified atom stereocenters. The minimum Gasteiger partial charge on any atom is -0.507 e. The van der Waals surface area contributed by atoms with Crippen molar-refractivity contribution in [2.45, 2.75) is 32.1 Å². The van der Waals surface area contributed by atoms with Gasteiger partial charge in [-0.3, -0.25) is 0 Å². The molecule has 0 bridgehead atoms. The molecule has 1 nitrogen and oxygen atoms in total. The Morgan fingerprint density at radius 2 is 1.73 bits per heavy atom. The summed E-state index contributed by atoms with van der Waals surface area (Å²) in [7, 11) is 0. The van der Waals surface area contributed by atoms with Gasteiger partial charge in [0.1, 0.15) is 5.75 Å². The van der Waals surface area contributed by atoms with Crippen LogP contribution < -0.4 is 0 Å². The minimum absolute atomic E-state index is 0.343. The lowest BCUT2D eigenvalue weighted by atomic mass is 10.00. The van der Waals surface area contributed by atoms with Gasteiger partial charge in [-0.2, -0.15) is 0 Å². The highest BCUT2D eigenvalue weighted by Gasteiger charge is 2.13. The van der Waals surface area contributed by atoms with Gasteiger partial charge in [-0.15, -0.1) is 0 Å². The number of rotatable bonds is 1. The molecule has 0 heterocycles. The first-order chi connectivity index (χ1) is 7.18. The van der Waals surface area contributed by atoms with Crippen molar-refractivity contribution >= 4 is 37.7 Å². The Hall–Kier alpha value is -0.160. The van der Waals surface area contributed by atoms with E-state index < -0.39 is 0 Å². The third-order valence-corrected chi connectivity index (χ3v) is 3.72. The average molecular weight is 332 g/mol. The molecule has 0 fully saturated rings. The molecule has 15 heavy (non-hydrogen) atoms. The number of hydrogen-bond acceptors (Lipinski definition) is 2. The summed E-state index contributed by atoms with van der Waals surface area (Å²) < 4.78 is 0.747. The van der Waals surface area contributed by atoms with Crippen molar-refractivity contribution in [3.63, 3.8) is 0 Å². The SMILES string of the molecule is Oc1cc2c(cc1C(=S)I)CCCCC2. The molecule has 0 amide bonds. The fourth-order valence-corrected chi connectivity index (χ4v) is 2.70. The van der Waals surface area contributed by atoms with Crippen LogP contribution in [0.2, 0.25) is 0 Å². The van der Waals surface area contributed by atoms with Crippen LogP contribution in [-0.2, 0) is 12.8 Å². The zero-order chi connectivity index (χ0) is 10.8. The lowest BCUT2D eigenvalue weighted by molar-refractivity contribution is 0.473. The fourth-order valence-electron chi connectivity index (χ4n) is 2.11. The molecule has 0 saturated carbocycles. The predicted octanol–water partition coefficient (Wildman–Crippen LogP) is 3.77. The summed E-state index contributed by atoms with van der Waals surface area (Å²) in [5.41, 5.74) is 3.51. The Balaban J connectivity index is 2.47. The largest absolute Gasteiger partial charge is 0.507 e. The number of halogens is 1. The topological polar surface area (TPSA) is 20.2 Å². The maximum absolute atomic E-state index is 9.84. The van der Waals surface area contributed by atoms with E-state index in [4.69, 9.17) is 12.2 Å². The number of aryl methyl sites for hydroxylation is 2. The monoisotopic (exact) mass is 332 g/mol. The van der Waals surface area contributed by atoms with Crippen LogP contribution in [0.3, 0.4) is 0 Å². The first kappa shape index (κ1) is 11.3. The van der Waals surface area contributed by atoms with Crippen LogP contribution in [0.15, 0.2) is 12.1 Å². The van der Waals surface area contributed by atoms with Crippen molar-refractivity contribution in [3.05, 3.63) is 28.8 Å². The number of benzene rings is 1. The van der Waals surface area contributed by atoms with Crippen LogP contribution in [0, 0.1) is 0 Å². The van der Waals surface area contributed by atoms with Gasteiger partial charge in [-0.1, -0.05) is 18.6 Å². The van der Waals surface area contributed by atoms with Crippen LogP contribution in [0.25, 0.3) is 0 Å². The van der Waals surface area contributed by atoms with E-state index >= 15 is 0 Å². The molecule has 3 heteroatoms. The molecule has 2 rings (SSSR count). The second-order valence-electron chi connectivity index (χ2n) is 3.97. The van der Waals surface area contributed by atoms with Crippen molar-refractivity contribution in [3.8, 4) is 5.75 Å². The Morgan fingerprint density at radius 3 is 2.33 bits per heavy atom. The van der Waals surface area contributed by atoms with Crippen molar-refractivity contribution in [2.24, 2.45) is 0 Å². The highest BCUT2D eigenvalue weighted by Crippen LogP contribution is 2.29. The van der Waals surface area contributed by atoms with E-state index in [2.05, 4.69) is 28.7 Å². The van der Waals surface area contributed by atoms with Crippen LogP contribution in [0.1, 0.15) is 36.0 Å². The van der Waals surface area contributed by atoms with E-state index in [1.165, 1.54) is 30.4 Å². The molecule has 0 aliphatic heterocycles. The van der Waals surface area contributed by atoms with Crippen molar-refractivity contribution in [2.75, 3.05) is 0 Å². The second kappa shape index (κ2) is 4.78. The van der Waals surface area contributed by atoms with Crippen molar-refractivity contribution in [1.29, 1.82) is 0 Å². The lowest BCUT2D eigenvalue weighted by Crippen LogP contribution is -1.96. The van der Waals surface area contributed by atoms with Crippen LogP contribution in [0.4, 0.5) is 0 Å². The summed E-state index contributed by atoms with van der Waals surface area (Å²) in [5, 5.41) is 9.84. The van der Waals surface area contributed by atoms with E-state index in [1.54, 1.807) is 0 Å². The molecule has 0 atom stereocenters. The van der Waals surface area contributed by atoms with Gasteiger partial charge >= 0.3 is 0 Å². The number of hydrogen-bond donors (Lipinski definition) is 1. The molecule has 1 aliphatic carbocycles. The van der Waals surface area contributed by atoms with E-state index in [9.17, 15) is 5.11 Å². The summed E-state index contributed by atoms with van der Waals surface area (Å²) in [6.45, 7) is 0. The molecule has 80 valence electrons. The third-order valence-electron chi connectivity index (χ3n) is 2.92. The molecule has 0 aromatic heterocycles. The number of fused-ring (bicyclic) bond motifs is 1. The van der Waals surface area contributed by atoms with E-state index in [0.29, 0.717) is 5.75 Å². The number of phenols is 1. The summed E-state index contributed by atoms with van der Waals surface area (Å²) in [5.74, 6) is 0.343. The summed E-state index contributed by atoms with van der Waals surface area (Å²) in [6, 6.07) is 3.98. The summed E-state index contributed by atoms with van der Waals surface area (Å²) >= 11 is 7.21. The third kappa shape index (κ3) is 2.50. The van der Waals surface area contributed by atoms with E-state index in [0.717, 1.165) is 21.3 Å². The highest BCUT2D eigenvalue weighted by molar-refractivity contribution is 14.1. The van der Waals surface area contributed by atoms with Gasteiger partial charge in [0.25, 0.3) is 0 Å². The van der Waals surface area contributed by atoms with E-state index in [-0.39, 0.29) is 0 Å². The first-order valence-corrected chi connectivity index (χ1v) is 6.72. The average Bonchev–Trinajstić information content (AvgIpc) is 2.40. The minimum atomic E-state index is 0.343. The van der Waals surface area contributed by atoms with Gasteiger partial charge in [0.15, 0.2) is 0 Å². The van der Waals surface area contributed by atoms with Gasteiger partial charge in [0.05, 0.1) is 2.87 Å². The quantitative estimate of drug-likeness (QED) is 0.366. The molecule has 0 spiro atoms. The number of thiocarbonyl (C=S) groups is 1. The lowest BCUT2D eigenvalue weighted by Gasteiger charge is -2.09. The Labute approximate surface area is 109 Å². The first-order valence-electron chi connectivity index (χ1n) is 5.23. The van der Waals surface area contributed by atoms with Gasteiger partial charge < -0.3 is 5.11 Å². The Morgan fingerprint density at radius 1 is 1.13 bits per heavy atom. The molecule has 1 aromatic rings. The van der Waals surface area contributed by atoms with Crippen LogP contribution in [0.5, 0.6) is 5.75 Å². The van der Waals surface area contributed by atoms with Gasteiger partial charge in [0.2, 0.25) is 0 Å². The fraction of sp³-hybridized carbons (Fsp3) is 0.417. The Bertz CT molecular complexity index is 401. The zero-order valence-corrected chi connectivity index (χ0v) is 11.4. The maximum atomic E-state index is 9.84. The van der Waals surface area contributed by atoms with E-state index in [1.807, 2.05) is 6.07 Å². The molecular formula is C12H13IOS. The van der Waals surface area contributed by atoms with Crippen LogP contribution >= 0.6 is 34.8 Å². The Kier molecular flexibility index (Phi) is 3.61. The molecule has 1 N–H and O–H groups in total. The number of phenolic OH excluding ortho intramolecular Hbond substituents is 1. The molecule has 0 saturated heterocycles. The maximum Gasteiger partial charge on any atom is 0.125 e. The van der Waals surface area contributed by atoms with Gasteiger partial charge in [0, 0.05) is 5.56 Å². The normalized spacial score (nSPS) is 15.5. The highest BCUT2D eigenvalue weighted by atomic mass is 127. The zero-order valence-electron chi connectivity index (χ0n) is 8.42. The van der Waals surface area contributed by atoms with Crippen molar-refractivity contribution in [1.82, 2.24) is 0 Å². The smallest absolute Gasteiger partial charge is 0.125 e. The molecular weight excluding hydrogens is 319 g/mol. The van der Waals surface area contributed by atoms with Crippen LogP contribution in [-0.4, -0.2) is 7.98 Å². The van der Waals surface area contributed by atoms with Gasteiger partial charge in [-0.05, 0) is 71.5 Å². The summed E-state index contributed by atoms with van der Waals surface area (Å²) in [4.78, 5) is 0. The predicted molar refractivity (Wildman–Crippen MR) is 75.1 cm³/mol. The summed E-state index contributed by atoms with van der Waals surface area (Å²) in [6.07, 6.45) is 6.00. The second-order valence-corrected chi connectivity index (χ2v) is 6.19. The number of aromatic hydroxyl groups is 1. The molecule has 1 aromatic carbocycles. The van der Waals surface area contributed by atoms with Gasteiger partial charge in [-0.25, -0.2) is 0 Å². The molecule has 0 radical (unpaired) electrons. The standard InChI is InChI=1S/C12H13IOS/c13-12(15)10-6-8-4-2-1-3-5-9(8)7-11(10)14/h6-7,14H,1-5H2.